The molecule has 0 aliphatic carbocycles. The smallest absolute Gasteiger partial charge is 0.258 e. The van der Waals surface area contributed by atoms with Crippen LogP contribution < -0.4 is 5.56 Å². The van der Waals surface area contributed by atoms with Crippen LogP contribution in [0.2, 0.25) is 0 Å². The third-order valence-corrected chi connectivity index (χ3v) is 2.01. The van der Waals surface area contributed by atoms with Crippen LogP contribution in [-0.2, 0) is 0 Å². The minimum atomic E-state index is -0.0938. The number of nitrogens with one attached hydrogen (secondary N) is 1. The van der Waals surface area contributed by atoms with E-state index in [-0.39, 0.29) is 5.56 Å². The fourth-order valence-corrected chi connectivity index (χ4v) is 1.31. The van der Waals surface area contributed by atoms with Crippen LogP contribution in [0.15, 0.2) is 41.3 Å². The Morgan fingerprint density at radius 1 is 1.21 bits per heavy atom. The summed E-state index contributed by atoms with van der Waals surface area (Å²) in [6.45, 7) is 1.76. The summed E-state index contributed by atoms with van der Waals surface area (Å²) in [6, 6.07) is 9.49. The number of nitrogens with zero attached hydrogens (tertiary/aromatic N) is 1. The highest BCUT2D eigenvalue weighted by Crippen LogP contribution is 2.12. The van der Waals surface area contributed by atoms with Gasteiger partial charge in [-0.05, 0) is 12.5 Å². The lowest BCUT2D eigenvalue weighted by Gasteiger charge is -1.99. The van der Waals surface area contributed by atoms with Crippen molar-refractivity contribution in [3.63, 3.8) is 0 Å². The van der Waals surface area contributed by atoms with Gasteiger partial charge in [-0.2, -0.15) is 0 Å². The second-order valence-corrected chi connectivity index (χ2v) is 3.08. The minimum absolute atomic E-state index is 0.0938. The summed E-state index contributed by atoms with van der Waals surface area (Å²) in [6.07, 6.45) is 1.60. The van der Waals surface area contributed by atoms with Crippen LogP contribution in [0.25, 0.3) is 11.1 Å². The highest BCUT2D eigenvalue weighted by molar-refractivity contribution is 5.60. The molecule has 3 heteroatoms. The quantitative estimate of drug-likeness (QED) is 0.737. The minimum Gasteiger partial charge on any atom is -0.310 e. The first kappa shape index (κ1) is 8.69. The van der Waals surface area contributed by atoms with Gasteiger partial charge >= 0.3 is 0 Å². The SMILES string of the molecule is Cc1ncc(-c2ccccc2)c(=O)[nH]1. The van der Waals surface area contributed by atoms with Crippen molar-refractivity contribution >= 4 is 0 Å². The van der Waals surface area contributed by atoms with Crippen molar-refractivity contribution < 1.29 is 0 Å². The van der Waals surface area contributed by atoms with Gasteiger partial charge in [-0.1, -0.05) is 30.3 Å². The molecule has 0 atom stereocenters. The van der Waals surface area contributed by atoms with Gasteiger partial charge in [-0.3, -0.25) is 4.79 Å². The summed E-state index contributed by atoms with van der Waals surface area (Å²) in [5.41, 5.74) is 1.40. The Bertz CT molecular complexity index is 488. The number of H-pyrrole nitrogens is 1. The van der Waals surface area contributed by atoms with E-state index in [0.29, 0.717) is 11.4 Å². The molecule has 14 heavy (non-hydrogen) atoms. The van der Waals surface area contributed by atoms with E-state index in [1.165, 1.54) is 0 Å². The molecule has 0 saturated heterocycles. The number of hydrogen-bond acceptors (Lipinski definition) is 2. The Labute approximate surface area is 81.5 Å². The van der Waals surface area contributed by atoms with E-state index in [2.05, 4.69) is 9.97 Å². The van der Waals surface area contributed by atoms with E-state index in [4.69, 9.17) is 0 Å². The van der Waals surface area contributed by atoms with Gasteiger partial charge in [-0.15, -0.1) is 0 Å². The molecule has 1 aromatic carbocycles. The largest absolute Gasteiger partial charge is 0.310 e. The molecule has 2 aromatic rings. The summed E-state index contributed by atoms with van der Waals surface area (Å²) in [4.78, 5) is 18.3. The van der Waals surface area contributed by atoms with Crippen molar-refractivity contribution in [1.82, 2.24) is 9.97 Å². The van der Waals surface area contributed by atoms with Crippen LogP contribution >= 0.6 is 0 Å². The molecule has 0 radical (unpaired) electrons. The standard InChI is InChI=1S/C11H10N2O/c1-8-12-7-10(11(14)13-8)9-5-3-2-4-6-9/h2-7H,1H3,(H,12,13,14). The topological polar surface area (TPSA) is 45.8 Å². The van der Waals surface area contributed by atoms with Gasteiger partial charge in [0.1, 0.15) is 5.82 Å². The Balaban J connectivity index is 2.59. The molecule has 0 saturated carbocycles. The van der Waals surface area contributed by atoms with Crippen LogP contribution in [0.4, 0.5) is 0 Å². The lowest BCUT2D eigenvalue weighted by molar-refractivity contribution is 1.02. The van der Waals surface area contributed by atoms with Gasteiger partial charge in [0.05, 0.1) is 5.56 Å². The maximum Gasteiger partial charge on any atom is 0.258 e. The first-order valence-electron chi connectivity index (χ1n) is 4.39. The van der Waals surface area contributed by atoms with Gasteiger partial charge < -0.3 is 4.98 Å². The summed E-state index contributed by atoms with van der Waals surface area (Å²) in [7, 11) is 0. The van der Waals surface area contributed by atoms with E-state index >= 15 is 0 Å². The van der Waals surface area contributed by atoms with Crippen molar-refractivity contribution in [2.24, 2.45) is 0 Å². The Kier molecular flexibility index (Phi) is 2.14. The first-order valence-corrected chi connectivity index (χ1v) is 4.39. The summed E-state index contributed by atoms with van der Waals surface area (Å²) < 4.78 is 0. The van der Waals surface area contributed by atoms with Crippen molar-refractivity contribution in [1.29, 1.82) is 0 Å². The Hall–Kier alpha value is -1.90. The van der Waals surface area contributed by atoms with E-state index in [1.807, 2.05) is 30.3 Å². The van der Waals surface area contributed by atoms with Crippen LogP contribution in [-0.4, -0.2) is 9.97 Å². The van der Waals surface area contributed by atoms with Crippen LogP contribution in [0.5, 0.6) is 0 Å². The van der Waals surface area contributed by atoms with Crippen LogP contribution in [0.1, 0.15) is 5.82 Å². The number of aryl methyl sites for hydroxylation is 1. The lowest BCUT2D eigenvalue weighted by Crippen LogP contribution is -2.11. The molecule has 0 amide bonds. The number of aromatic nitrogens is 2. The fraction of sp³-hybridized carbons (Fsp3) is 0.0909. The monoisotopic (exact) mass is 186 g/mol. The zero-order valence-electron chi connectivity index (χ0n) is 7.82. The predicted molar refractivity (Wildman–Crippen MR) is 55.0 cm³/mol. The molecule has 70 valence electrons. The molecule has 0 unspecified atom stereocenters. The van der Waals surface area contributed by atoms with Crippen LogP contribution in [0, 0.1) is 6.92 Å². The zero-order chi connectivity index (χ0) is 9.97. The Morgan fingerprint density at radius 2 is 1.93 bits per heavy atom. The van der Waals surface area contributed by atoms with E-state index in [0.717, 1.165) is 5.56 Å². The Morgan fingerprint density at radius 3 is 2.57 bits per heavy atom. The molecule has 0 aliphatic rings. The molecule has 0 fully saturated rings. The second-order valence-electron chi connectivity index (χ2n) is 3.08. The van der Waals surface area contributed by atoms with Gasteiger partial charge in [0.25, 0.3) is 5.56 Å². The third kappa shape index (κ3) is 1.57. The maximum atomic E-state index is 11.5. The summed E-state index contributed by atoms with van der Waals surface area (Å²) >= 11 is 0. The molecule has 1 heterocycles. The lowest BCUT2D eigenvalue weighted by atomic mass is 10.1. The van der Waals surface area contributed by atoms with Crippen LogP contribution in [0.3, 0.4) is 0 Å². The van der Waals surface area contributed by atoms with E-state index in [1.54, 1.807) is 13.1 Å². The zero-order valence-corrected chi connectivity index (χ0v) is 7.82. The molecule has 1 N–H and O–H groups in total. The van der Waals surface area contributed by atoms with E-state index < -0.39 is 0 Å². The van der Waals surface area contributed by atoms with Gasteiger partial charge in [0.2, 0.25) is 0 Å². The maximum absolute atomic E-state index is 11.5. The number of benzene rings is 1. The van der Waals surface area contributed by atoms with Crippen molar-refractivity contribution in [3.05, 3.63) is 52.7 Å². The normalized spacial score (nSPS) is 10.1. The number of hydrogen-bond donors (Lipinski definition) is 1. The molecule has 1 aromatic heterocycles. The first-order chi connectivity index (χ1) is 6.77. The molecular formula is C11H10N2O. The average Bonchev–Trinajstić information content (AvgIpc) is 2.19. The second kappa shape index (κ2) is 3.46. The summed E-state index contributed by atoms with van der Waals surface area (Å²) in [5.74, 6) is 0.634. The van der Waals surface area contributed by atoms with Crippen molar-refractivity contribution in [2.75, 3.05) is 0 Å². The molecule has 0 aliphatic heterocycles. The average molecular weight is 186 g/mol. The molecule has 2 rings (SSSR count). The number of aromatic amines is 1. The highest BCUT2D eigenvalue weighted by atomic mass is 16.1. The fourth-order valence-electron chi connectivity index (χ4n) is 1.31. The van der Waals surface area contributed by atoms with Gasteiger partial charge in [-0.25, -0.2) is 4.98 Å². The third-order valence-electron chi connectivity index (χ3n) is 2.01. The van der Waals surface area contributed by atoms with Gasteiger partial charge in [0, 0.05) is 6.20 Å². The molecule has 3 nitrogen and oxygen atoms in total. The van der Waals surface area contributed by atoms with Crippen molar-refractivity contribution in [2.45, 2.75) is 6.92 Å². The predicted octanol–water partition coefficient (Wildman–Crippen LogP) is 1.75. The van der Waals surface area contributed by atoms with Crippen molar-refractivity contribution in [3.8, 4) is 11.1 Å². The highest BCUT2D eigenvalue weighted by Gasteiger charge is 2.01. The number of rotatable bonds is 1. The molecule has 0 bridgehead atoms. The summed E-state index contributed by atoms with van der Waals surface area (Å²) in [5, 5.41) is 0. The van der Waals surface area contributed by atoms with E-state index in [9.17, 15) is 4.79 Å². The van der Waals surface area contributed by atoms with Gasteiger partial charge in [0.15, 0.2) is 0 Å². The molecular weight excluding hydrogens is 176 g/mol. The molecule has 0 spiro atoms.